The predicted molar refractivity (Wildman–Crippen MR) is 163 cm³/mol. The Balaban J connectivity index is 1.19. The van der Waals surface area contributed by atoms with E-state index in [0.29, 0.717) is 24.0 Å². The predicted octanol–water partition coefficient (Wildman–Crippen LogP) is 2.34. The second kappa shape index (κ2) is 11.6. The summed E-state index contributed by atoms with van der Waals surface area (Å²) < 4.78 is 20.7. The van der Waals surface area contributed by atoms with Crippen LogP contribution in [0, 0.1) is 17.6 Å². The minimum atomic E-state index is -1.02. The summed E-state index contributed by atoms with van der Waals surface area (Å²) in [5, 5.41) is 21.5. The maximum atomic E-state index is 14.5. The van der Waals surface area contributed by atoms with Crippen molar-refractivity contribution in [2.24, 2.45) is 0 Å². The van der Waals surface area contributed by atoms with E-state index in [9.17, 15) is 33.5 Å². The Bertz CT molecular complexity index is 2240. The molecule has 1 atom stereocenters. The summed E-state index contributed by atoms with van der Waals surface area (Å²) in [7, 11) is 0. The van der Waals surface area contributed by atoms with Crippen LogP contribution in [0.3, 0.4) is 0 Å². The number of carbonyl (C=O) groups excluding carboxylic acids is 2. The quantitative estimate of drug-likeness (QED) is 0.116. The van der Waals surface area contributed by atoms with Crippen LogP contribution >= 0.6 is 12.2 Å². The van der Waals surface area contributed by atoms with E-state index in [4.69, 9.17) is 22.5 Å². The lowest BCUT2D eigenvalue weighted by Crippen LogP contribution is -2.37. The first-order chi connectivity index (χ1) is 21.9. The molecule has 6 N–H and O–H groups in total. The Morgan fingerprint density at radius 2 is 1.91 bits per heavy atom. The minimum absolute atomic E-state index is 0.0607. The summed E-state index contributed by atoms with van der Waals surface area (Å²) in [6, 6.07) is 8.15. The SMILES string of the molecule is Cc1c(C(=O)O)ccc2c1CC[C@@H]2NC(=O)c1cc(C(=O)NCc2ccc(F)c(CNc3c(N)c(=O)c3=O)c2)n2c(=S)onc2n1. The zero-order chi connectivity index (χ0) is 32.9. The number of nitrogen functional groups attached to an aromatic ring is 1. The van der Waals surface area contributed by atoms with Gasteiger partial charge in [0.15, 0.2) is 0 Å². The van der Waals surface area contributed by atoms with Gasteiger partial charge in [-0.05, 0) is 83.7 Å². The van der Waals surface area contributed by atoms with Crippen molar-refractivity contribution in [3.05, 3.63) is 112 Å². The van der Waals surface area contributed by atoms with Gasteiger partial charge in [-0.25, -0.2) is 18.6 Å². The molecule has 2 aromatic heterocycles. The van der Waals surface area contributed by atoms with Gasteiger partial charge in [0.25, 0.3) is 28.4 Å². The molecule has 234 valence electrons. The number of aromatic nitrogens is 3. The van der Waals surface area contributed by atoms with Gasteiger partial charge in [0.05, 0.1) is 11.6 Å². The number of fused-ring (bicyclic) bond motifs is 2. The molecule has 2 amide bonds. The summed E-state index contributed by atoms with van der Waals surface area (Å²) in [6.07, 6.45) is 1.13. The molecule has 0 aliphatic heterocycles. The number of benzene rings is 2. The number of nitrogens with two attached hydrogens (primary N) is 1. The molecule has 0 bridgehead atoms. The van der Waals surface area contributed by atoms with Crippen molar-refractivity contribution < 1.29 is 28.4 Å². The smallest absolute Gasteiger partial charge is 0.335 e. The van der Waals surface area contributed by atoms with Gasteiger partial charge in [0, 0.05) is 18.7 Å². The molecule has 0 fully saturated rings. The fourth-order valence-electron chi connectivity index (χ4n) is 5.55. The van der Waals surface area contributed by atoms with Crippen molar-refractivity contribution >= 4 is 47.2 Å². The molecule has 5 aromatic rings. The minimum Gasteiger partial charge on any atom is -0.478 e. The van der Waals surface area contributed by atoms with E-state index >= 15 is 0 Å². The van der Waals surface area contributed by atoms with Crippen LogP contribution in [-0.2, 0) is 19.5 Å². The van der Waals surface area contributed by atoms with Crippen LogP contribution in [-0.4, -0.2) is 37.4 Å². The van der Waals surface area contributed by atoms with E-state index < -0.39 is 40.5 Å². The van der Waals surface area contributed by atoms with Crippen molar-refractivity contribution in [2.75, 3.05) is 11.1 Å². The maximum Gasteiger partial charge on any atom is 0.335 e. The molecule has 0 saturated carbocycles. The number of anilines is 2. The van der Waals surface area contributed by atoms with Gasteiger partial charge in [0.1, 0.15) is 28.6 Å². The van der Waals surface area contributed by atoms with Crippen molar-refractivity contribution in [2.45, 2.75) is 38.9 Å². The number of nitrogens with zero attached hydrogens (tertiary/aromatic N) is 3. The standard InChI is InChI=1S/C30H24FN7O7S/c1-12-15-5-7-19(17(15)4-3-16(12)28(43)44)35-26(41)20-9-21(38-29(36-20)37-45-30(38)46)27(42)34-10-13-2-6-18(31)14(8-13)11-33-23-22(32)24(39)25(23)40/h2-4,6,8-9,19,33H,5,7,10-11,32H2,1H3,(H,34,42)(H,35,41)(H,43,44)/t19-/m0/s1. The number of carbonyl (C=O) groups is 3. The maximum absolute atomic E-state index is 14.5. The number of nitrogens with one attached hydrogen (secondary N) is 3. The average Bonchev–Trinajstić information content (AvgIpc) is 3.63. The lowest BCUT2D eigenvalue weighted by atomic mass is 9.98. The Morgan fingerprint density at radius 1 is 1.13 bits per heavy atom. The molecule has 0 saturated heterocycles. The fraction of sp³-hybridized carbons (Fsp3) is 0.200. The zero-order valence-electron chi connectivity index (χ0n) is 24.0. The summed E-state index contributed by atoms with van der Waals surface area (Å²) in [5.74, 6) is -2.98. The molecule has 46 heavy (non-hydrogen) atoms. The van der Waals surface area contributed by atoms with Crippen LogP contribution in [0.4, 0.5) is 15.8 Å². The largest absolute Gasteiger partial charge is 0.478 e. The molecule has 0 unspecified atom stereocenters. The highest BCUT2D eigenvalue weighted by molar-refractivity contribution is 7.71. The number of hydrogen-bond acceptors (Lipinski definition) is 11. The molecule has 2 heterocycles. The molecule has 0 radical (unpaired) electrons. The molecule has 3 aromatic carbocycles. The third-order valence-electron chi connectivity index (χ3n) is 7.98. The molecule has 16 heteroatoms. The normalized spacial score (nSPS) is 13.9. The Labute approximate surface area is 262 Å². The summed E-state index contributed by atoms with van der Waals surface area (Å²) >= 11 is 5.17. The molecule has 6 rings (SSSR count). The van der Waals surface area contributed by atoms with Gasteiger partial charge < -0.3 is 31.3 Å². The number of aromatic carboxylic acids is 1. The van der Waals surface area contributed by atoms with E-state index in [1.54, 1.807) is 13.0 Å². The van der Waals surface area contributed by atoms with E-state index in [1.807, 2.05) is 0 Å². The van der Waals surface area contributed by atoms with Crippen LogP contribution in [0.1, 0.15) is 71.6 Å². The first-order valence-electron chi connectivity index (χ1n) is 13.9. The van der Waals surface area contributed by atoms with Crippen molar-refractivity contribution in [3.63, 3.8) is 0 Å². The number of rotatable bonds is 9. The Hall–Kier alpha value is -5.77. The topological polar surface area (TPSA) is 211 Å². The molecular weight excluding hydrogens is 621 g/mol. The zero-order valence-corrected chi connectivity index (χ0v) is 24.8. The molecular formula is C30H24FN7O7S. The first-order valence-corrected chi connectivity index (χ1v) is 14.3. The number of carboxylic acids is 1. The summed E-state index contributed by atoms with van der Waals surface area (Å²) in [4.78, 5) is 65.3. The number of amides is 2. The molecule has 1 aliphatic carbocycles. The van der Waals surface area contributed by atoms with E-state index in [-0.39, 0.29) is 57.6 Å². The highest BCUT2D eigenvalue weighted by atomic mass is 32.1. The van der Waals surface area contributed by atoms with E-state index in [0.717, 1.165) is 15.5 Å². The van der Waals surface area contributed by atoms with Crippen molar-refractivity contribution in [1.29, 1.82) is 0 Å². The number of halogens is 1. The van der Waals surface area contributed by atoms with Gasteiger partial charge >= 0.3 is 10.8 Å². The van der Waals surface area contributed by atoms with Crippen LogP contribution in [0.2, 0.25) is 0 Å². The van der Waals surface area contributed by atoms with E-state index in [1.165, 1.54) is 30.3 Å². The van der Waals surface area contributed by atoms with Gasteiger partial charge in [-0.3, -0.25) is 19.2 Å². The van der Waals surface area contributed by atoms with Crippen LogP contribution in [0.5, 0.6) is 0 Å². The third-order valence-corrected chi connectivity index (χ3v) is 8.24. The highest BCUT2D eigenvalue weighted by Crippen LogP contribution is 2.35. The van der Waals surface area contributed by atoms with Crippen molar-refractivity contribution in [3.8, 4) is 0 Å². The lowest BCUT2D eigenvalue weighted by molar-refractivity contribution is 0.0695. The second-order valence-corrected chi connectivity index (χ2v) is 11.0. The monoisotopic (exact) mass is 645 g/mol. The van der Waals surface area contributed by atoms with Crippen LogP contribution in [0.15, 0.2) is 50.5 Å². The van der Waals surface area contributed by atoms with Gasteiger partial charge in [-0.2, -0.15) is 0 Å². The van der Waals surface area contributed by atoms with Crippen LogP contribution < -0.4 is 32.5 Å². The van der Waals surface area contributed by atoms with Crippen molar-refractivity contribution in [1.82, 2.24) is 25.2 Å². The molecule has 14 nitrogen and oxygen atoms in total. The lowest BCUT2D eigenvalue weighted by Gasteiger charge is -2.16. The van der Waals surface area contributed by atoms with Crippen LogP contribution in [0.25, 0.3) is 5.78 Å². The second-order valence-electron chi connectivity index (χ2n) is 10.7. The number of hydrogen-bond donors (Lipinski definition) is 5. The highest BCUT2D eigenvalue weighted by Gasteiger charge is 2.29. The summed E-state index contributed by atoms with van der Waals surface area (Å²) in [6.45, 7) is 1.54. The molecule has 1 aliphatic rings. The summed E-state index contributed by atoms with van der Waals surface area (Å²) in [5.41, 5.74) is 6.62. The fourth-order valence-corrected chi connectivity index (χ4v) is 5.76. The Kier molecular flexibility index (Phi) is 7.65. The first kappa shape index (κ1) is 30.3. The number of carboxylic acid groups (broad SMARTS) is 1. The van der Waals surface area contributed by atoms with Gasteiger partial charge in [-0.1, -0.05) is 12.1 Å². The Morgan fingerprint density at radius 3 is 2.65 bits per heavy atom. The molecule has 0 spiro atoms. The van der Waals surface area contributed by atoms with E-state index in [2.05, 4.69) is 26.1 Å². The van der Waals surface area contributed by atoms with Gasteiger partial charge in [-0.15, -0.1) is 0 Å². The average molecular weight is 646 g/mol. The van der Waals surface area contributed by atoms with Gasteiger partial charge in [0.2, 0.25) is 0 Å². The third kappa shape index (κ3) is 5.27.